The second-order valence-corrected chi connectivity index (χ2v) is 4.00. The van der Waals surface area contributed by atoms with Crippen molar-refractivity contribution in [2.24, 2.45) is 0 Å². The molecule has 2 rings (SSSR count). The maximum atomic E-state index is 13.0. The number of amides is 1. The number of rotatable bonds is 2. The van der Waals surface area contributed by atoms with E-state index in [0.717, 1.165) is 30.4 Å². The summed E-state index contributed by atoms with van der Waals surface area (Å²) in [6.07, 6.45) is 4.02. The summed E-state index contributed by atoms with van der Waals surface area (Å²) < 4.78 is 13.0. The van der Waals surface area contributed by atoms with Crippen LogP contribution < -0.4 is 5.32 Å². The minimum absolute atomic E-state index is 0.00477. The molecule has 1 aliphatic rings. The van der Waals surface area contributed by atoms with Crippen LogP contribution in [0, 0.1) is 5.82 Å². The molecule has 0 aliphatic heterocycles. The zero-order valence-electron chi connectivity index (χ0n) is 9.00. The number of hydrogen-bond acceptors (Lipinski definition) is 1. The molecule has 0 saturated carbocycles. The van der Waals surface area contributed by atoms with E-state index in [1.54, 1.807) is 12.1 Å². The van der Waals surface area contributed by atoms with Gasteiger partial charge >= 0.3 is 0 Å². The summed E-state index contributed by atoms with van der Waals surface area (Å²) in [6, 6.07) is 4.76. The van der Waals surface area contributed by atoms with Gasteiger partial charge in [0.25, 0.3) is 0 Å². The van der Waals surface area contributed by atoms with Crippen LogP contribution in [-0.2, 0) is 11.2 Å². The van der Waals surface area contributed by atoms with E-state index in [4.69, 9.17) is 0 Å². The number of benzene rings is 1. The van der Waals surface area contributed by atoms with Gasteiger partial charge in [-0.2, -0.15) is 0 Å². The Hall–Kier alpha value is -1.64. The van der Waals surface area contributed by atoms with Crippen molar-refractivity contribution in [3.63, 3.8) is 0 Å². The van der Waals surface area contributed by atoms with Crippen molar-refractivity contribution < 1.29 is 9.18 Å². The van der Waals surface area contributed by atoms with Crippen molar-refractivity contribution in [3.8, 4) is 0 Å². The molecule has 0 spiro atoms. The van der Waals surface area contributed by atoms with E-state index in [-0.39, 0.29) is 17.8 Å². The van der Waals surface area contributed by atoms with Crippen molar-refractivity contribution in [1.29, 1.82) is 0 Å². The van der Waals surface area contributed by atoms with Crippen LogP contribution in [0.25, 0.3) is 0 Å². The third-order valence-electron chi connectivity index (χ3n) is 2.92. The molecule has 0 saturated heterocycles. The van der Waals surface area contributed by atoms with E-state index >= 15 is 0 Å². The number of aryl methyl sites for hydroxylation is 1. The molecule has 0 radical (unpaired) electrons. The predicted octanol–water partition coefficient (Wildman–Crippen LogP) is 2.51. The lowest BCUT2D eigenvalue weighted by Crippen LogP contribution is -2.29. The molecule has 16 heavy (non-hydrogen) atoms. The zero-order valence-corrected chi connectivity index (χ0v) is 9.00. The van der Waals surface area contributed by atoms with E-state index in [0.29, 0.717) is 0 Å². The fourth-order valence-electron chi connectivity index (χ4n) is 2.16. The third kappa shape index (κ3) is 2.13. The number of fused-ring (bicyclic) bond motifs is 1. The van der Waals surface area contributed by atoms with Crippen LogP contribution in [0.3, 0.4) is 0 Å². The topological polar surface area (TPSA) is 29.1 Å². The number of halogens is 1. The Morgan fingerprint density at radius 3 is 3.12 bits per heavy atom. The van der Waals surface area contributed by atoms with Gasteiger partial charge in [0.1, 0.15) is 5.82 Å². The number of carbonyl (C=O) groups is 1. The van der Waals surface area contributed by atoms with Crippen molar-refractivity contribution >= 4 is 5.91 Å². The Balaban J connectivity index is 2.26. The average Bonchev–Trinajstić information content (AvgIpc) is 2.28. The molecule has 1 amide bonds. The van der Waals surface area contributed by atoms with Gasteiger partial charge in [-0.3, -0.25) is 4.79 Å². The Morgan fingerprint density at radius 1 is 1.56 bits per heavy atom. The summed E-state index contributed by atoms with van der Waals surface area (Å²) in [7, 11) is 0. The first-order valence-electron chi connectivity index (χ1n) is 5.42. The SMILES string of the molecule is C=CC(=O)N[C@@H]1CCCc2cc(F)ccc21. The number of carbonyl (C=O) groups excluding carboxylic acids is 1. The first-order valence-corrected chi connectivity index (χ1v) is 5.42. The lowest BCUT2D eigenvalue weighted by molar-refractivity contribution is -0.117. The predicted molar refractivity (Wildman–Crippen MR) is 60.4 cm³/mol. The molecule has 84 valence electrons. The molecule has 1 aromatic rings. The normalized spacial score (nSPS) is 18.7. The Labute approximate surface area is 94.2 Å². The molecule has 0 unspecified atom stereocenters. The van der Waals surface area contributed by atoms with Gasteiger partial charge in [-0.25, -0.2) is 4.39 Å². The highest BCUT2D eigenvalue weighted by Gasteiger charge is 2.21. The second kappa shape index (κ2) is 4.47. The van der Waals surface area contributed by atoms with E-state index in [9.17, 15) is 9.18 Å². The molecule has 1 aromatic carbocycles. The van der Waals surface area contributed by atoms with E-state index in [1.807, 2.05) is 0 Å². The van der Waals surface area contributed by atoms with Crippen LogP contribution in [-0.4, -0.2) is 5.91 Å². The van der Waals surface area contributed by atoms with Gasteiger partial charge in [-0.1, -0.05) is 12.6 Å². The summed E-state index contributed by atoms with van der Waals surface area (Å²) in [4.78, 5) is 11.3. The molecular weight excluding hydrogens is 205 g/mol. The van der Waals surface area contributed by atoms with Crippen LogP contribution in [0.4, 0.5) is 4.39 Å². The van der Waals surface area contributed by atoms with Crippen LogP contribution in [0.1, 0.15) is 30.0 Å². The number of hydrogen-bond donors (Lipinski definition) is 1. The van der Waals surface area contributed by atoms with Crippen molar-refractivity contribution in [1.82, 2.24) is 5.32 Å². The molecule has 3 heteroatoms. The fraction of sp³-hybridized carbons (Fsp3) is 0.308. The quantitative estimate of drug-likeness (QED) is 0.761. The molecule has 0 aromatic heterocycles. The first-order chi connectivity index (χ1) is 7.70. The summed E-state index contributed by atoms with van der Waals surface area (Å²) in [6.45, 7) is 3.42. The highest BCUT2D eigenvalue weighted by Crippen LogP contribution is 2.30. The fourth-order valence-corrected chi connectivity index (χ4v) is 2.16. The smallest absolute Gasteiger partial charge is 0.243 e. The van der Waals surface area contributed by atoms with Gasteiger partial charge < -0.3 is 5.32 Å². The van der Waals surface area contributed by atoms with Crippen LogP contribution in [0.2, 0.25) is 0 Å². The van der Waals surface area contributed by atoms with Gasteiger partial charge in [-0.15, -0.1) is 0 Å². The zero-order chi connectivity index (χ0) is 11.5. The molecular formula is C13H14FNO. The molecule has 1 N–H and O–H groups in total. The van der Waals surface area contributed by atoms with Crippen LogP contribution in [0.5, 0.6) is 0 Å². The first kappa shape index (κ1) is 10.9. The summed E-state index contributed by atoms with van der Waals surface area (Å²) in [5.74, 6) is -0.392. The monoisotopic (exact) mass is 219 g/mol. The molecule has 1 aliphatic carbocycles. The Kier molecular flexibility index (Phi) is 3.04. The Morgan fingerprint density at radius 2 is 2.38 bits per heavy atom. The van der Waals surface area contributed by atoms with Gasteiger partial charge in [0.2, 0.25) is 5.91 Å². The lowest BCUT2D eigenvalue weighted by atomic mass is 9.87. The van der Waals surface area contributed by atoms with Gasteiger partial charge in [0.05, 0.1) is 6.04 Å². The van der Waals surface area contributed by atoms with Crippen LogP contribution >= 0.6 is 0 Å². The summed E-state index contributed by atoms with van der Waals surface area (Å²) in [5.41, 5.74) is 2.03. The van der Waals surface area contributed by atoms with Gasteiger partial charge in [-0.05, 0) is 48.6 Å². The average molecular weight is 219 g/mol. The standard InChI is InChI=1S/C13H14FNO/c1-2-13(16)15-12-5-3-4-9-8-10(14)6-7-11(9)12/h2,6-8,12H,1,3-5H2,(H,15,16)/t12-/m1/s1. The largest absolute Gasteiger partial charge is 0.346 e. The lowest BCUT2D eigenvalue weighted by Gasteiger charge is -2.25. The minimum Gasteiger partial charge on any atom is -0.346 e. The highest BCUT2D eigenvalue weighted by atomic mass is 19.1. The van der Waals surface area contributed by atoms with E-state index < -0.39 is 0 Å². The molecule has 0 heterocycles. The second-order valence-electron chi connectivity index (χ2n) is 4.00. The van der Waals surface area contributed by atoms with Crippen molar-refractivity contribution in [3.05, 3.63) is 47.8 Å². The van der Waals surface area contributed by atoms with Crippen molar-refractivity contribution in [2.75, 3.05) is 0 Å². The minimum atomic E-state index is -0.213. The molecule has 1 atom stereocenters. The highest BCUT2D eigenvalue weighted by molar-refractivity contribution is 5.87. The van der Waals surface area contributed by atoms with E-state index in [1.165, 1.54) is 12.1 Å². The number of nitrogens with one attached hydrogen (secondary N) is 1. The molecule has 0 bridgehead atoms. The van der Waals surface area contributed by atoms with Crippen molar-refractivity contribution in [2.45, 2.75) is 25.3 Å². The molecule has 2 nitrogen and oxygen atoms in total. The summed E-state index contributed by atoms with van der Waals surface area (Å²) >= 11 is 0. The Bertz CT molecular complexity index is 428. The summed E-state index contributed by atoms with van der Waals surface area (Å²) in [5, 5.41) is 2.86. The maximum Gasteiger partial charge on any atom is 0.243 e. The maximum absolute atomic E-state index is 13.0. The molecule has 0 fully saturated rings. The third-order valence-corrected chi connectivity index (χ3v) is 2.92. The van der Waals surface area contributed by atoms with Crippen LogP contribution in [0.15, 0.2) is 30.9 Å². The van der Waals surface area contributed by atoms with E-state index in [2.05, 4.69) is 11.9 Å². The van der Waals surface area contributed by atoms with Gasteiger partial charge in [0.15, 0.2) is 0 Å². The van der Waals surface area contributed by atoms with Gasteiger partial charge in [0, 0.05) is 0 Å².